The van der Waals surface area contributed by atoms with E-state index in [0.29, 0.717) is 4.61 Å². The van der Waals surface area contributed by atoms with Crippen LogP contribution >= 0.6 is 45.2 Å². The van der Waals surface area contributed by atoms with E-state index in [4.69, 9.17) is 9.73 Å². The predicted molar refractivity (Wildman–Crippen MR) is 146 cm³/mol. The Morgan fingerprint density at radius 3 is 2.35 bits per heavy atom. The fourth-order valence-electron chi connectivity index (χ4n) is 3.97. The molecule has 0 aromatic heterocycles. The molecule has 0 spiro atoms. The Bertz CT molecular complexity index is 1240. The maximum Gasteiger partial charge on any atom is 0.139 e. The van der Waals surface area contributed by atoms with Gasteiger partial charge in [-0.05, 0) is 116 Å². The van der Waals surface area contributed by atoms with Gasteiger partial charge < -0.3 is 9.64 Å². The van der Waals surface area contributed by atoms with Crippen molar-refractivity contribution in [1.29, 1.82) is 0 Å². The molecule has 1 atom stereocenters. The Balaban J connectivity index is 1.51. The maximum atomic E-state index is 5.62. The Morgan fingerprint density at radius 2 is 1.61 bits per heavy atom. The van der Waals surface area contributed by atoms with Crippen molar-refractivity contribution in [3.05, 3.63) is 100 Å². The molecule has 5 heteroatoms. The molecule has 1 saturated heterocycles. The number of alkyl halides is 1. The number of aliphatic imine (C=N–C) groups is 1. The summed E-state index contributed by atoms with van der Waals surface area (Å²) < 4.78 is 7.48. The van der Waals surface area contributed by atoms with Crippen molar-refractivity contribution in [2.24, 2.45) is 4.99 Å². The molecule has 4 aromatic carbocycles. The minimum absolute atomic E-state index is 0.267. The van der Waals surface area contributed by atoms with Gasteiger partial charge in [-0.2, -0.15) is 0 Å². The number of hydrogen-bond acceptors (Lipinski definition) is 2. The summed E-state index contributed by atoms with van der Waals surface area (Å²) in [4.78, 5) is 7.31. The van der Waals surface area contributed by atoms with Crippen molar-refractivity contribution in [3.63, 3.8) is 0 Å². The van der Waals surface area contributed by atoms with Crippen molar-refractivity contribution < 1.29 is 4.74 Å². The summed E-state index contributed by atoms with van der Waals surface area (Å²) in [5.41, 5.74) is 3.43. The molecule has 154 valence electrons. The average Bonchev–Trinajstić information content (AvgIpc) is 2.79. The first-order valence-electron chi connectivity index (χ1n) is 10.1. The number of halogens is 2. The lowest BCUT2D eigenvalue weighted by molar-refractivity contribution is 0.404. The van der Waals surface area contributed by atoms with Gasteiger partial charge in [0.15, 0.2) is 0 Å². The summed E-state index contributed by atoms with van der Waals surface area (Å²) in [5.74, 6) is 1.97. The molecule has 0 amide bonds. The molecule has 1 aliphatic rings. The van der Waals surface area contributed by atoms with Crippen molar-refractivity contribution in [1.82, 2.24) is 0 Å². The van der Waals surface area contributed by atoms with E-state index in [1.54, 1.807) is 0 Å². The first kappa shape index (κ1) is 20.8. The third-order valence-electron chi connectivity index (χ3n) is 5.54. The third kappa shape index (κ3) is 4.43. The number of amidine groups is 1. The van der Waals surface area contributed by atoms with Crippen LogP contribution in [0.4, 0.5) is 11.4 Å². The molecular formula is C26H20I2N2O. The molecule has 5 rings (SSSR count). The van der Waals surface area contributed by atoms with E-state index in [2.05, 4.69) is 129 Å². The summed E-state index contributed by atoms with van der Waals surface area (Å²) in [6.45, 7) is 0. The van der Waals surface area contributed by atoms with E-state index in [9.17, 15) is 0 Å². The van der Waals surface area contributed by atoms with Gasteiger partial charge >= 0.3 is 0 Å². The SMILES string of the molecule is ICOc1ccc(N2C(=Nc3ccc(I)cc3)CC2c2ccc3ccccc3c2)cc1. The summed E-state index contributed by atoms with van der Waals surface area (Å²) in [6, 6.07) is 32.2. The molecule has 1 unspecified atom stereocenters. The second-order valence-electron chi connectivity index (χ2n) is 7.45. The smallest absolute Gasteiger partial charge is 0.139 e. The molecule has 0 bridgehead atoms. The Hall–Kier alpha value is -2.13. The lowest BCUT2D eigenvalue weighted by atomic mass is 9.91. The third-order valence-corrected chi connectivity index (χ3v) is 6.58. The maximum absolute atomic E-state index is 5.62. The number of hydrogen-bond donors (Lipinski definition) is 0. The highest BCUT2D eigenvalue weighted by atomic mass is 127. The van der Waals surface area contributed by atoms with E-state index in [-0.39, 0.29) is 6.04 Å². The highest BCUT2D eigenvalue weighted by Gasteiger charge is 2.36. The highest BCUT2D eigenvalue weighted by molar-refractivity contribution is 14.1. The number of nitrogens with zero attached hydrogens (tertiary/aromatic N) is 2. The Labute approximate surface area is 209 Å². The van der Waals surface area contributed by atoms with E-state index in [1.807, 2.05) is 12.1 Å². The van der Waals surface area contributed by atoms with Gasteiger partial charge in [0.1, 0.15) is 16.2 Å². The van der Waals surface area contributed by atoms with Gasteiger partial charge in [0.05, 0.1) is 11.7 Å². The molecule has 1 fully saturated rings. The summed E-state index contributed by atoms with van der Waals surface area (Å²) in [5, 5.41) is 2.54. The average molecular weight is 630 g/mol. The Morgan fingerprint density at radius 1 is 0.871 bits per heavy atom. The number of benzene rings is 4. The zero-order chi connectivity index (χ0) is 21.2. The monoisotopic (exact) mass is 630 g/mol. The lowest BCUT2D eigenvalue weighted by Gasteiger charge is -2.44. The molecule has 0 N–H and O–H groups in total. The van der Waals surface area contributed by atoms with Crippen molar-refractivity contribution >= 4 is 73.2 Å². The summed E-state index contributed by atoms with van der Waals surface area (Å²) in [7, 11) is 0. The van der Waals surface area contributed by atoms with E-state index in [0.717, 1.165) is 29.4 Å². The standard InChI is InChI=1S/C26H20I2N2O/c27-17-31-24-13-11-23(12-14-24)30-25(16-26(30)29-22-9-7-21(28)8-10-22)20-6-5-18-3-1-2-4-19(18)15-20/h1-15,25H,16-17H2. The largest absolute Gasteiger partial charge is 0.483 e. The van der Waals surface area contributed by atoms with Gasteiger partial charge in [-0.15, -0.1) is 0 Å². The van der Waals surface area contributed by atoms with Crippen LogP contribution in [0.2, 0.25) is 0 Å². The predicted octanol–water partition coefficient (Wildman–Crippen LogP) is 7.90. The fourth-order valence-corrected chi connectivity index (χ4v) is 4.69. The van der Waals surface area contributed by atoms with Crippen molar-refractivity contribution in [2.75, 3.05) is 9.51 Å². The van der Waals surface area contributed by atoms with Crippen LogP contribution in [-0.2, 0) is 0 Å². The van der Waals surface area contributed by atoms with Crippen LogP contribution in [0.15, 0.2) is 96.0 Å². The molecule has 0 saturated carbocycles. The van der Waals surface area contributed by atoms with E-state index in [1.165, 1.54) is 19.9 Å². The molecule has 0 radical (unpaired) electrons. The van der Waals surface area contributed by atoms with E-state index < -0.39 is 0 Å². The summed E-state index contributed by atoms with van der Waals surface area (Å²) >= 11 is 4.54. The summed E-state index contributed by atoms with van der Waals surface area (Å²) in [6.07, 6.45) is 0.913. The molecule has 1 aliphatic heterocycles. The first-order valence-corrected chi connectivity index (χ1v) is 12.7. The number of rotatable bonds is 5. The second-order valence-corrected chi connectivity index (χ2v) is 9.32. The van der Waals surface area contributed by atoms with Gasteiger partial charge in [-0.25, -0.2) is 4.99 Å². The van der Waals surface area contributed by atoms with Crippen LogP contribution in [0.5, 0.6) is 5.75 Å². The molecule has 31 heavy (non-hydrogen) atoms. The topological polar surface area (TPSA) is 24.8 Å². The molecule has 0 aliphatic carbocycles. The zero-order valence-electron chi connectivity index (χ0n) is 16.7. The van der Waals surface area contributed by atoms with Crippen molar-refractivity contribution in [3.8, 4) is 5.75 Å². The quantitative estimate of drug-likeness (QED) is 0.166. The van der Waals surface area contributed by atoms with Crippen LogP contribution in [0.3, 0.4) is 0 Å². The number of fused-ring (bicyclic) bond motifs is 1. The van der Waals surface area contributed by atoms with Crippen LogP contribution < -0.4 is 9.64 Å². The molecule has 1 heterocycles. The Kier molecular flexibility index (Phi) is 6.13. The first-order chi connectivity index (χ1) is 15.2. The van der Waals surface area contributed by atoms with E-state index >= 15 is 0 Å². The molecule has 3 nitrogen and oxygen atoms in total. The van der Waals surface area contributed by atoms with Crippen LogP contribution in [0.1, 0.15) is 18.0 Å². The fraction of sp³-hybridized carbons (Fsp3) is 0.115. The molecule has 4 aromatic rings. The number of anilines is 1. The lowest BCUT2D eigenvalue weighted by Crippen LogP contribution is -2.46. The normalized spacial score (nSPS) is 17.0. The highest BCUT2D eigenvalue weighted by Crippen LogP contribution is 2.41. The molecular weight excluding hydrogens is 610 g/mol. The van der Waals surface area contributed by atoms with Crippen LogP contribution in [0.25, 0.3) is 10.8 Å². The minimum Gasteiger partial charge on any atom is -0.483 e. The van der Waals surface area contributed by atoms with Crippen LogP contribution in [-0.4, -0.2) is 10.4 Å². The van der Waals surface area contributed by atoms with Gasteiger partial charge in [0.25, 0.3) is 0 Å². The van der Waals surface area contributed by atoms with Gasteiger partial charge in [0, 0.05) is 15.7 Å². The second kappa shape index (κ2) is 9.16. The number of ether oxygens (including phenoxy) is 1. The van der Waals surface area contributed by atoms with Gasteiger partial charge in [0.2, 0.25) is 0 Å². The zero-order valence-corrected chi connectivity index (χ0v) is 21.0. The van der Waals surface area contributed by atoms with Gasteiger partial charge in [-0.1, -0.05) is 36.4 Å². The minimum atomic E-state index is 0.267. The van der Waals surface area contributed by atoms with Gasteiger partial charge in [-0.3, -0.25) is 0 Å². The van der Waals surface area contributed by atoms with Crippen molar-refractivity contribution in [2.45, 2.75) is 12.5 Å². The van der Waals surface area contributed by atoms with Crippen LogP contribution in [0, 0.1) is 3.57 Å².